The average Bonchev–Trinajstić information content (AvgIpc) is 2.68. The van der Waals surface area contributed by atoms with Crippen molar-refractivity contribution in [3.05, 3.63) is 58.7 Å². The van der Waals surface area contributed by atoms with Crippen LogP contribution < -0.4 is 14.8 Å². The molecule has 10 heteroatoms. The quantitative estimate of drug-likeness (QED) is 0.459. The Labute approximate surface area is 184 Å². The van der Waals surface area contributed by atoms with Gasteiger partial charge in [-0.15, -0.1) is 0 Å². The lowest BCUT2D eigenvalue weighted by molar-refractivity contribution is -0.120. The van der Waals surface area contributed by atoms with Crippen LogP contribution in [0.15, 0.2) is 46.2 Å². The van der Waals surface area contributed by atoms with Gasteiger partial charge in [0.2, 0.25) is 26.0 Å². The Balaban J connectivity index is 1.78. The number of aryl methyl sites for hydroxylation is 4. The highest BCUT2D eigenvalue weighted by Gasteiger charge is 2.18. The molecule has 0 aliphatic rings. The number of hydrogen-bond donors (Lipinski definition) is 3. The number of carbonyl (C=O) groups is 1. The minimum Gasteiger partial charge on any atom is -0.355 e. The standard InChI is InChI=1S/C21H29N3O5S2/c1-15-5-7-17(3)19(13-15)30(26,27)23-10-9-21(25)22-11-12-24-31(28,29)20-14-16(2)6-8-18(20)4/h5-8,13-14,23-24H,9-12H2,1-4H3,(H,22,25). The lowest BCUT2D eigenvalue weighted by atomic mass is 10.2. The number of rotatable bonds is 10. The second kappa shape index (κ2) is 10.4. The third-order valence-electron chi connectivity index (χ3n) is 4.65. The summed E-state index contributed by atoms with van der Waals surface area (Å²) in [4.78, 5) is 12.4. The van der Waals surface area contributed by atoms with Crippen LogP contribution >= 0.6 is 0 Å². The molecule has 0 aromatic heterocycles. The van der Waals surface area contributed by atoms with Crippen molar-refractivity contribution >= 4 is 26.0 Å². The van der Waals surface area contributed by atoms with Crippen LogP contribution in [0.2, 0.25) is 0 Å². The Morgan fingerprint density at radius 3 is 1.65 bits per heavy atom. The Morgan fingerprint density at radius 1 is 0.710 bits per heavy atom. The second-order valence-electron chi connectivity index (χ2n) is 7.43. The number of carbonyl (C=O) groups excluding carboxylic acids is 1. The van der Waals surface area contributed by atoms with E-state index in [1.807, 2.05) is 19.1 Å². The lowest BCUT2D eigenvalue weighted by Crippen LogP contribution is -2.36. The highest BCUT2D eigenvalue weighted by molar-refractivity contribution is 7.89. The summed E-state index contributed by atoms with van der Waals surface area (Å²) in [5.41, 5.74) is 2.92. The number of hydrogen-bond acceptors (Lipinski definition) is 5. The predicted octanol–water partition coefficient (Wildman–Crippen LogP) is 1.68. The van der Waals surface area contributed by atoms with Gasteiger partial charge in [0.15, 0.2) is 0 Å². The van der Waals surface area contributed by atoms with Gasteiger partial charge in [-0.25, -0.2) is 26.3 Å². The molecular weight excluding hydrogens is 438 g/mol. The van der Waals surface area contributed by atoms with Crippen LogP contribution in [0.1, 0.15) is 28.7 Å². The molecule has 0 saturated heterocycles. The van der Waals surface area contributed by atoms with Gasteiger partial charge in [-0.3, -0.25) is 4.79 Å². The van der Waals surface area contributed by atoms with E-state index in [0.717, 1.165) is 11.1 Å². The fourth-order valence-electron chi connectivity index (χ4n) is 2.92. The molecule has 2 aromatic rings. The molecule has 0 unspecified atom stereocenters. The van der Waals surface area contributed by atoms with Crippen molar-refractivity contribution in [2.45, 2.75) is 43.9 Å². The lowest BCUT2D eigenvalue weighted by Gasteiger charge is -2.11. The zero-order valence-electron chi connectivity index (χ0n) is 18.2. The summed E-state index contributed by atoms with van der Waals surface area (Å²) in [7, 11) is -7.39. The minimum atomic E-state index is -3.71. The van der Waals surface area contributed by atoms with Gasteiger partial charge in [0, 0.05) is 26.1 Å². The maximum absolute atomic E-state index is 12.4. The Kier molecular flexibility index (Phi) is 8.35. The van der Waals surface area contributed by atoms with Crippen molar-refractivity contribution in [3.8, 4) is 0 Å². The van der Waals surface area contributed by atoms with Crippen LogP contribution in [-0.2, 0) is 24.8 Å². The first-order valence-corrected chi connectivity index (χ1v) is 12.8. The molecule has 0 atom stereocenters. The van der Waals surface area contributed by atoms with E-state index in [-0.39, 0.29) is 41.8 Å². The van der Waals surface area contributed by atoms with Crippen molar-refractivity contribution in [3.63, 3.8) is 0 Å². The number of sulfonamides is 2. The van der Waals surface area contributed by atoms with E-state index in [9.17, 15) is 21.6 Å². The molecule has 0 fully saturated rings. The van der Waals surface area contributed by atoms with E-state index in [1.54, 1.807) is 45.0 Å². The van der Waals surface area contributed by atoms with Crippen LogP contribution in [-0.4, -0.2) is 42.4 Å². The number of benzene rings is 2. The highest BCUT2D eigenvalue weighted by atomic mass is 32.2. The highest BCUT2D eigenvalue weighted by Crippen LogP contribution is 2.17. The van der Waals surface area contributed by atoms with E-state index >= 15 is 0 Å². The normalized spacial score (nSPS) is 12.0. The first-order valence-electron chi connectivity index (χ1n) is 9.83. The molecule has 0 spiro atoms. The van der Waals surface area contributed by atoms with Gasteiger partial charge in [-0.1, -0.05) is 24.3 Å². The van der Waals surface area contributed by atoms with E-state index in [2.05, 4.69) is 14.8 Å². The number of nitrogens with one attached hydrogen (secondary N) is 3. The average molecular weight is 468 g/mol. The SMILES string of the molecule is Cc1ccc(C)c(S(=O)(=O)NCCNC(=O)CCNS(=O)(=O)c2cc(C)ccc2C)c1. The summed E-state index contributed by atoms with van der Waals surface area (Å²) in [6.45, 7) is 7.10. The topological polar surface area (TPSA) is 121 Å². The molecule has 170 valence electrons. The Hall–Kier alpha value is -2.27. The maximum Gasteiger partial charge on any atom is 0.240 e. The van der Waals surface area contributed by atoms with E-state index in [0.29, 0.717) is 11.1 Å². The molecule has 2 rings (SSSR count). The summed E-state index contributed by atoms with van der Waals surface area (Å²) >= 11 is 0. The molecular formula is C21H29N3O5S2. The second-order valence-corrected chi connectivity index (χ2v) is 10.9. The van der Waals surface area contributed by atoms with Crippen LogP contribution in [0, 0.1) is 27.7 Å². The number of amides is 1. The Morgan fingerprint density at radius 2 is 1.16 bits per heavy atom. The van der Waals surface area contributed by atoms with Crippen molar-refractivity contribution in [1.82, 2.24) is 14.8 Å². The zero-order chi connectivity index (χ0) is 23.2. The molecule has 1 amide bonds. The van der Waals surface area contributed by atoms with Gasteiger partial charge in [-0.2, -0.15) is 0 Å². The minimum absolute atomic E-state index is 0.0235. The molecule has 8 nitrogen and oxygen atoms in total. The summed E-state index contributed by atoms with van der Waals surface area (Å²) in [6, 6.07) is 10.3. The fraction of sp³-hybridized carbons (Fsp3) is 0.381. The first kappa shape index (κ1) is 25.0. The van der Waals surface area contributed by atoms with Crippen molar-refractivity contribution < 1.29 is 21.6 Å². The third-order valence-corrected chi connectivity index (χ3v) is 7.86. The largest absolute Gasteiger partial charge is 0.355 e. The van der Waals surface area contributed by atoms with Crippen molar-refractivity contribution in [2.75, 3.05) is 19.6 Å². The van der Waals surface area contributed by atoms with Gasteiger partial charge in [-0.05, 0) is 62.1 Å². The molecule has 0 radical (unpaired) electrons. The van der Waals surface area contributed by atoms with Crippen LogP contribution in [0.5, 0.6) is 0 Å². The zero-order valence-corrected chi connectivity index (χ0v) is 19.8. The molecule has 0 saturated carbocycles. The molecule has 3 N–H and O–H groups in total. The van der Waals surface area contributed by atoms with Gasteiger partial charge >= 0.3 is 0 Å². The summed E-state index contributed by atoms with van der Waals surface area (Å²) in [5.74, 6) is -0.380. The molecule has 0 bridgehead atoms. The predicted molar refractivity (Wildman–Crippen MR) is 120 cm³/mol. The van der Waals surface area contributed by atoms with E-state index in [1.165, 1.54) is 0 Å². The van der Waals surface area contributed by atoms with Crippen molar-refractivity contribution in [2.24, 2.45) is 0 Å². The van der Waals surface area contributed by atoms with Gasteiger partial charge in [0.1, 0.15) is 0 Å². The first-order chi connectivity index (χ1) is 14.4. The molecule has 2 aromatic carbocycles. The monoisotopic (exact) mass is 467 g/mol. The maximum atomic E-state index is 12.4. The molecule has 31 heavy (non-hydrogen) atoms. The molecule has 0 aliphatic heterocycles. The fourth-order valence-corrected chi connectivity index (χ4v) is 5.64. The van der Waals surface area contributed by atoms with Gasteiger partial charge < -0.3 is 5.32 Å². The smallest absolute Gasteiger partial charge is 0.240 e. The van der Waals surface area contributed by atoms with E-state index < -0.39 is 20.0 Å². The van der Waals surface area contributed by atoms with Crippen LogP contribution in [0.3, 0.4) is 0 Å². The molecule has 0 aliphatic carbocycles. The Bertz CT molecular complexity index is 1160. The van der Waals surface area contributed by atoms with E-state index in [4.69, 9.17) is 0 Å². The van der Waals surface area contributed by atoms with Crippen molar-refractivity contribution in [1.29, 1.82) is 0 Å². The summed E-state index contributed by atoms with van der Waals surface area (Å²) in [6.07, 6.45) is -0.0617. The summed E-state index contributed by atoms with van der Waals surface area (Å²) in [5, 5.41) is 2.58. The van der Waals surface area contributed by atoms with Gasteiger partial charge in [0.25, 0.3) is 0 Å². The van der Waals surface area contributed by atoms with Crippen LogP contribution in [0.4, 0.5) is 0 Å². The van der Waals surface area contributed by atoms with Crippen LogP contribution in [0.25, 0.3) is 0 Å². The van der Waals surface area contributed by atoms with Gasteiger partial charge in [0.05, 0.1) is 9.79 Å². The third kappa shape index (κ3) is 7.13. The summed E-state index contributed by atoms with van der Waals surface area (Å²) < 4.78 is 54.6. The molecule has 0 heterocycles.